The lowest BCUT2D eigenvalue weighted by Gasteiger charge is -2.16. The average molecular weight is 328 g/mol. The minimum Gasteiger partial charge on any atom is -0.491 e. The van der Waals surface area contributed by atoms with E-state index in [0.29, 0.717) is 12.6 Å². The van der Waals surface area contributed by atoms with Gasteiger partial charge in [-0.3, -0.25) is 0 Å². The van der Waals surface area contributed by atoms with Crippen LogP contribution >= 0.6 is 15.9 Å². The molecule has 0 amide bonds. The Morgan fingerprint density at radius 3 is 3.00 bits per heavy atom. The average Bonchev–Trinajstić information content (AvgIpc) is 2.88. The van der Waals surface area contributed by atoms with E-state index in [1.54, 1.807) is 0 Å². The molecule has 0 aliphatic carbocycles. The molecule has 0 saturated carbocycles. The lowest BCUT2D eigenvalue weighted by Crippen LogP contribution is -2.23. The van der Waals surface area contributed by atoms with Gasteiger partial charge in [0, 0.05) is 29.2 Å². The van der Waals surface area contributed by atoms with Crippen LogP contribution in [0.5, 0.6) is 5.75 Å². The molecule has 19 heavy (non-hydrogen) atoms. The van der Waals surface area contributed by atoms with Gasteiger partial charge in [-0.1, -0.05) is 29.8 Å². The molecule has 1 aromatic carbocycles. The highest BCUT2D eigenvalue weighted by molar-refractivity contribution is 9.10. The van der Waals surface area contributed by atoms with E-state index >= 15 is 0 Å². The quantitative estimate of drug-likeness (QED) is 0.867. The second-order valence-electron chi connectivity index (χ2n) is 5.23. The highest BCUT2D eigenvalue weighted by Crippen LogP contribution is 2.24. The molecular weight excluding hydrogens is 306 g/mol. The molecule has 1 fully saturated rings. The maximum Gasteiger partial charge on any atom is 0.124 e. The Bertz CT molecular complexity index is 403. The van der Waals surface area contributed by atoms with E-state index in [9.17, 15) is 0 Å². The number of rotatable bonds is 6. The predicted molar refractivity (Wildman–Crippen MR) is 80.6 cm³/mol. The molecular formula is C15H22BrNO2. The largest absolute Gasteiger partial charge is 0.491 e. The van der Waals surface area contributed by atoms with Gasteiger partial charge in [0.25, 0.3) is 0 Å². The van der Waals surface area contributed by atoms with Crippen molar-refractivity contribution in [2.75, 3.05) is 13.2 Å². The third-order valence-corrected chi connectivity index (χ3v) is 3.67. The maximum atomic E-state index is 5.92. The summed E-state index contributed by atoms with van der Waals surface area (Å²) in [5, 5.41) is 3.43. The number of hydrogen-bond donors (Lipinski definition) is 1. The SMILES string of the molecule is CC(C)NCc1cc(Br)ccc1OCC1CCCO1. The lowest BCUT2D eigenvalue weighted by atomic mass is 10.2. The van der Waals surface area contributed by atoms with Crippen molar-refractivity contribution in [3.8, 4) is 5.75 Å². The van der Waals surface area contributed by atoms with Gasteiger partial charge < -0.3 is 14.8 Å². The summed E-state index contributed by atoms with van der Waals surface area (Å²) in [5.41, 5.74) is 1.18. The highest BCUT2D eigenvalue weighted by Gasteiger charge is 2.16. The van der Waals surface area contributed by atoms with Crippen LogP contribution in [0, 0.1) is 0 Å². The number of hydrogen-bond acceptors (Lipinski definition) is 3. The molecule has 106 valence electrons. The van der Waals surface area contributed by atoms with Gasteiger partial charge in [0.1, 0.15) is 12.4 Å². The van der Waals surface area contributed by atoms with E-state index < -0.39 is 0 Å². The first-order valence-electron chi connectivity index (χ1n) is 6.91. The van der Waals surface area contributed by atoms with Crippen molar-refractivity contribution < 1.29 is 9.47 Å². The summed E-state index contributed by atoms with van der Waals surface area (Å²) in [6, 6.07) is 6.62. The molecule has 1 aliphatic heterocycles. The van der Waals surface area contributed by atoms with Crippen LogP contribution < -0.4 is 10.1 Å². The predicted octanol–water partition coefficient (Wildman–Crippen LogP) is 3.50. The minimum absolute atomic E-state index is 0.259. The van der Waals surface area contributed by atoms with Crippen molar-refractivity contribution in [2.24, 2.45) is 0 Å². The van der Waals surface area contributed by atoms with E-state index in [0.717, 1.165) is 36.2 Å². The topological polar surface area (TPSA) is 30.5 Å². The number of benzene rings is 1. The molecule has 1 aromatic rings. The van der Waals surface area contributed by atoms with Crippen LogP contribution in [0.3, 0.4) is 0 Å². The van der Waals surface area contributed by atoms with Gasteiger partial charge in [-0.2, -0.15) is 0 Å². The first kappa shape index (κ1) is 14.8. The summed E-state index contributed by atoms with van der Waals surface area (Å²) >= 11 is 3.51. The van der Waals surface area contributed by atoms with Crippen molar-refractivity contribution in [1.82, 2.24) is 5.32 Å². The van der Waals surface area contributed by atoms with E-state index in [1.807, 2.05) is 12.1 Å². The fourth-order valence-electron chi connectivity index (χ4n) is 2.10. The fourth-order valence-corrected chi connectivity index (χ4v) is 2.51. The molecule has 1 saturated heterocycles. The Morgan fingerprint density at radius 2 is 2.32 bits per heavy atom. The Hall–Kier alpha value is -0.580. The van der Waals surface area contributed by atoms with Crippen molar-refractivity contribution >= 4 is 15.9 Å². The maximum absolute atomic E-state index is 5.92. The van der Waals surface area contributed by atoms with E-state index in [-0.39, 0.29) is 6.10 Å². The third-order valence-electron chi connectivity index (χ3n) is 3.17. The standard InChI is InChI=1S/C15H22BrNO2/c1-11(2)17-9-12-8-13(16)5-6-15(12)19-10-14-4-3-7-18-14/h5-6,8,11,14,17H,3-4,7,9-10H2,1-2H3. The smallest absolute Gasteiger partial charge is 0.124 e. The zero-order valence-corrected chi connectivity index (χ0v) is 13.2. The molecule has 2 rings (SSSR count). The minimum atomic E-state index is 0.259. The first-order valence-corrected chi connectivity index (χ1v) is 7.70. The van der Waals surface area contributed by atoms with Crippen LogP contribution in [0.15, 0.2) is 22.7 Å². The van der Waals surface area contributed by atoms with Crippen molar-refractivity contribution in [2.45, 2.75) is 45.4 Å². The van der Waals surface area contributed by atoms with Crippen molar-refractivity contribution in [3.05, 3.63) is 28.2 Å². The monoisotopic (exact) mass is 327 g/mol. The molecule has 1 aliphatic rings. The lowest BCUT2D eigenvalue weighted by molar-refractivity contribution is 0.0675. The molecule has 1 atom stereocenters. The Labute approximate surface area is 123 Å². The normalized spacial score (nSPS) is 19.1. The third kappa shape index (κ3) is 4.79. The number of nitrogens with one attached hydrogen (secondary N) is 1. The fraction of sp³-hybridized carbons (Fsp3) is 0.600. The molecule has 0 radical (unpaired) electrons. The number of ether oxygens (including phenoxy) is 2. The van der Waals surface area contributed by atoms with Crippen LogP contribution in [0.25, 0.3) is 0 Å². The summed E-state index contributed by atoms with van der Waals surface area (Å²) in [7, 11) is 0. The zero-order valence-electron chi connectivity index (χ0n) is 11.6. The zero-order chi connectivity index (χ0) is 13.7. The van der Waals surface area contributed by atoms with Crippen LogP contribution in [0.1, 0.15) is 32.3 Å². The number of halogens is 1. The van der Waals surface area contributed by atoms with E-state index in [2.05, 4.69) is 41.2 Å². The van der Waals surface area contributed by atoms with Gasteiger partial charge >= 0.3 is 0 Å². The summed E-state index contributed by atoms with van der Waals surface area (Å²) in [6.45, 7) is 6.63. The second-order valence-corrected chi connectivity index (χ2v) is 6.15. The highest BCUT2D eigenvalue weighted by atomic mass is 79.9. The van der Waals surface area contributed by atoms with Gasteiger partial charge in [-0.15, -0.1) is 0 Å². The molecule has 0 spiro atoms. The van der Waals surface area contributed by atoms with Gasteiger partial charge in [0.15, 0.2) is 0 Å². The molecule has 1 heterocycles. The second kappa shape index (κ2) is 7.27. The summed E-state index contributed by atoms with van der Waals surface area (Å²) < 4.78 is 12.6. The van der Waals surface area contributed by atoms with Crippen LogP contribution in [-0.2, 0) is 11.3 Å². The molecule has 4 heteroatoms. The molecule has 1 unspecified atom stereocenters. The first-order chi connectivity index (χ1) is 9.15. The van der Waals surface area contributed by atoms with E-state index in [1.165, 1.54) is 5.56 Å². The van der Waals surface area contributed by atoms with Gasteiger partial charge in [-0.25, -0.2) is 0 Å². The van der Waals surface area contributed by atoms with Crippen LogP contribution in [0.2, 0.25) is 0 Å². The molecule has 3 nitrogen and oxygen atoms in total. The molecule has 0 bridgehead atoms. The van der Waals surface area contributed by atoms with Gasteiger partial charge in [-0.05, 0) is 31.0 Å². The summed E-state index contributed by atoms with van der Waals surface area (Å²) in [5.74, 6) is 0.951. The Balaban J connectivity index is 1.96. The molecule has 1 N–H and O–H groups in total. The van der Waals surface area contributed by atoms with Gasteiger partial charge in [0.2, 0.25) is 0 Å². The van der Waals surface area contributed by atoms with Crippen molar-refractivity contribution in [3.63, 3.8) is 0 Å². The van der Waals surface area contributed by atoms with Gasteiger partial charge in [0.05, 0.1) is 6.10 Å². The van der Waals surface area contributed by atoms with Crippen LogP contribution in [0.4, 0.5) is 0 Å². The van der Waals surface area contributed by atoms with E-state index in [4.69, 9.17) is 9.47 Å². The Kier molecular flexibility index (Phi) is 5.67. The summed E-state index contributed by atoms with van der Waals surface area (Å²) in [4.78, 5) is 0. The molecule has 0 aromatic heterocycles. The van der Waals surface area contributed by atoms with Crippen molar-refractivity contribution in [1.29, 1.82) is 0 Å². The summed E-state index contributed by atoms with van der Waals surface area (Å²) in [6.07, 6.45) is 2.52. The van der Waals surface area contributed by atoms with Crippen LogP contribution in [-0.4, -0.2) is 25.4 Å². The Morgan fingerprint density at radius 1 is 1.47 bits per heavy atom.